The summed E-state index contributed by atoms with van der Waals surface area (Å²) in [6.45, 7) is 0.907. The minimum Gasteiger partial charge on any atom is -0.373 e. The third-order valence-corrected chi connectivity index (χ3v) is 3.47. The van der Waals surface area contributed by atoms with Crippen LogP contribution < -0.4 is 0 Å². The first-order valence-corrected chi connectivity index (χ1v) is 6.50. The van der Waals surface area contributed by atoms with Crippen molar-refractivity contribution in [2.45, 2.75) is 17.7 Å². The van der Waals surface area contributed by atoms with E-state index in [1.54, 1.807) is 16.4 Å². The lowest BCUT2D eigenvalue weighted by atomic mass is 10.3. The van der Waals surface area contributed by atoms with Crippen molar-refractivity contribution in [3.8, 4) is 5.69 Å². The van der Waals surface area contributed by atoms with Crippen LogP contribution in [0.25, 0.3) is 5.69 Å². The highest BCUT2D eigenvalue weighted by Crippen LogP contribution is 2.22. The molecule has 2 aromatic rings. The van der Waals surface area contributed by atoms with Gasteiger partial charge >= 0.3 is 0 Å². The predicted molar refractivity (Wildman–Crippen MR) is 64.2 cm³/mol. The maximum absolute atomic E-state index is 5.17. The van der Waals surface area contributed by atoms with Crippen LogP contribution in [-0.4, -0.2) is 38.7 Å². The van der Waals surface area contributed by atoms with Crippen molar-refractivity contribution in [1.29, 1.82) is 0 Å². The highest BCUT2D eigenvalue weighted by molar-refractivity contribution is 7.99. The quantitative estimate of drug-likeness (QED) is 0.593. The standard InChI is InChI=1S/C11H12N4OS/c1-2-4-9(5-3-1)15-11(12-13-14-15)17-7-6-10-8-16-10/h1-5,10H,6-8H2/t10-/m1/s1. The fourth-order valence-electron chi connectivity index (χ4n) is 1.52. The Hall–Kier alpha value is -1.40. The SMILES string of the molecule is c1ccc(-n2nnnc2SCC[C@@H]2CO2)cc1. The first kappa shape index (κ1) is 10.7. The van der Waals surface area contributed by atoms with Gasteiger partial charge in [-0.1, -0.05) is 30.0 Å². The number of aromatic nitrogens is 4. The Balaban J connectivity index is 1.70. The average molecular weight is 248 g/mol. The van der Waals surface area contributed by atoms with Crippen LogP contribution in [0.15, 0.2) is 35.5 Å². The molecule has 0 radical (unpaired) electrons. The second kappa shape index (κ2) is 4.85. The van der Waals surface area contributed by atoms with Crippen LogP contribution in [0.5, 0.6) is 0 Å². The summed E-state index contributed by atoms with van der Waals surface area (Å²) >= 11 is 1.66. The van der Waals surface area contributed by atoms with E-state index in [1.165, 1.54) is 0 Å². The third-order valence-electron chi connectivity index (χ3n) is 2.52. The number of tetrazole rings is 1. The molecule has 17 heavy (non-hydrogen) atoms. The van der Waals surface area contributed by atoms with E-state index in [2.05, 4.69) is 15.5 Å². The number of epoxide rings is 1. The van der Waals surface area contributed by atoms with E-state index in [4.69, 9.17) is 4.74 Å². The number of para-hydroxylation sites is 1. The lowest BCUT2D eigenvalue weighted by Crippen LogP contribution is -1.99. The number of thioether (sulfide) groups is 1. The third kappa shape index (κ3) is 2.65. The van der Waals surface area contributed by atoms with Crippen molar-refractivity contribution in [3.63, 3.8) is 0 Å². The van der Waals surface area contributed by atoms with Crippen molar-refractivity contribution in [2.24, 2.45) is 0 Å². The highest BCUT2D eigenvalue weighted by Gasteiger charge is 2.22. The zero-order valence-corrected chi connectivity index (χ0v) is 10.0. The van der Waals surface area contributed by atoms with Gasteiger partial charge in [0, 0.05) is 5.75 Å². The number of hydrogen-bond donors (Lipinski definition) is 0. The van der Waals surface area contributed by atoms with Crippen LogP contribution in [0.4, 0.5) is 0 Å². The highest BCUT2D eigenvalue weighted by atomic mass is 32.2. The molecular weight excluding hydrogens is 236 g/mol. The predicted octanol–water partition coefficient (Wildman–Crippen LogP) is 1.54. The van der Waals surface area contributed by atoms with Gasteiger partial charge in [-0.3, -0.25) is 0 Å². The fourth-order valence-corrected chi connectivity index (χ4v) is 2.44. The van der Waals surface area contributed by atoms with Gasteiger partial charge < -0.3 is 4.74 Å². The smallest absolute Gasteiger partial charge is 0.214 e. The average Bonchev–Trinajstić information content (AvgIpc) is 3.07. The number of ether oxygens (including phenoxy) is 1. The molecule has 1 atom stereocenters. The molecular formula is C11H12N4OS. The Morgan fingerprint density at radius 2 is 2.18 bits per heavy atom. The van der Waals surface area contributed by atoms with Crippen molar-refractivity contribution >= 4 is 11.8 Å². The van der Waals surface area contributed by atoms with Gasteiger partial charge in [-0.15, -0.1) is 5.10 Å². The molecule has 5 nitrogen and oxygen atoms in total. The van der Waals surface area contributed by atoms with Crippen LogP contribution in [0.1, 0.15) is 6.42 Å². The molecule has 0 spiro atoms. The Morgan fingerprint density at radius 3 is 2.94 bits per heavy atom. The van der Waals surface area contributed by atoms with Gasteiger partial charge in [0.15, 0.2) is 0 Å². The molecule has 6 heteroatoms. The Morgan fingerprint density at radius 1 is 1.35 bits per heavy atom. The summed E-state index contributed by atoms with van der Waals surface area (Å²) in [6.07, 6.45) is 1.52. The molecule has 0 amide bonds. The second-order valence-electron chi connectivity index (χ2n) is 3.80. The molecule has 0 bridgehead atoms. The van der Waals surface area contributed by atoms with Crippen molar-refractivity contribution in [1.82, 2.24) is 20.2 Å². The van der Waals surface area contributed by atoms with E-state index in [0.717, 1.165) is 29.6 Å². The first-order chi connectivity index (χ1) is 8.43. The topological polar surface area (TPSA) is 56.1 Å². The molecule has 1 aliphatic rings. The Labute approximate surface area is 103 Å². The lowest BCUT2D eigenvalue weighted by molar-refractivity contribution is 0.404. The normalized spacial score (nSPS) is 18.2. The summed E-state index contributed by atoms with van der Waals surface area (Å²) in [5.41, 5.74) is 0.989. The fraction of sp³-hybridized carbons (Fsp3) is 0.364. The van der Waals surface area contributed by atoms with Crippen LogP contribution in [0.2, 0.25) is 0 Å². The van der Waals surface area contributed by atoms with Crippen molar-refractivity contribution in [2.75, 3.05) is 12.4 Å². The molecule has 0 aliphatic carbocycles. The van der Waals surface area contributed by atoms with E-state index < -0.39 is 0 Å². The molecule has 3 rings (SSSR count). The summed E-state index contributed by atoms with van der Waals surface area (Å²) in [4.78, 5) is 0. The largest absolute Gasteiger partial charge is 0.373 e. The maximum Gasteiger partial charge on any atom is 0.214 e. The van der Waals surface area contributed by atoms with Gasteiger partial charge in [-0.2, -0.15) is 4.68 Å². The Bertz CT molecular complexity index is 483. The zero-order valence-electron chi connectivity index (χ0n) is 9.19. The van der Waals surface area contributed by atoms with Gasteiger partial charge in [-0.05, 0) is 29.0 Å². The zero-order chi connectivity index (χ0) is 11.5. The summed E-state index contributed by atoms with van der Waals surface area (Å²) in [6, 6.07) is 9.91. The summed E-state index contributed by atoms with van der Waals surface area (Å²) in [5, 5.41) is 12.6. The van der Waals surface area contributed by atoms with E-state index in [9.17, 15) is 0 Å². The van der Waals surface area contributed by atoms with Gasteiger partial charge in [0.25, 0.3) is 0 Å². The Kier molecular flexibility index (Phi) is 3.06. The number of rotatable bonds is 5. The molecule has 1 saturated heterocycles. The van der Waals surface area contributed by atoms with Crippen LogP contribution >= 0.6 is 11.8 Å². The van der Waals surface area contributed by atoms with Gasteiger partial charge in [0.1, 0.15) is 0 Å². The first-order valence-electron chi connectivity index (χ1n) is 5.52. The number of hydrogen-bond acceptors (Lipinski definition) is 5. The van der Waals surface area contributed by atoms with Crippen molar-refractivity contribution in [3.05, 3.63) is 30.3 Å². The van der Waals surface area contributed by atoms with Crippen LogP contribution in [0.3, 0.4) is 0 Å². The molecule has 1 aromatic carbocycles. The van der Waals surface area contributed by atoms with Gasteiger partial charge in [0.05, 0.1) is 18.4 Å². The molecule has 2 heterocycles. The molecule has 0 unspecified atom stereocenters. The summed E-state index contributed by atoms with van der Waals surface area (Å²) in [5.74, 6) is 0.984. The second-order valence-corrected chi connectivity index (χ2v) is 4.86. The van der Waals surface area contributed by atoms with E-state index in [0.29, 0.717) is 6.10 Å². The monoisotopic (exact) mass is 248 g/mol. The molecule has 0 N–H and O–H groups in total. The van der Waals surface area contributed by atoms with Crippen LogP contribution in [-0.2, 0) is 4.74 Å². The summed E-state index contributed by atoms with van der Waals surface area (Å²) < 4.78 is 6.93. The number of benzene rings is 1. The van der Waals surface area contributed by atoms with E-state index in [-0.39, 0.29) is 0 Å². The summed E-state index contributed by atoms with van der Waals surface area (Å²) in [7, 11) is 0. The molecule has 1 fully saturated rings. The molecule has 1 aliphatic heterocycles. The number of nitrogens with zero attached hydrogens (tertiary/aromatic N) is 4. The minimum absolute atomic E-state index is 0.462. The molecule has 0 saturated carbocycles. The van der Waals surface area contributed by atoms with E-state index >= 15 is 0 Å². The van der Waals surface area contributed by atoms with E-state index in [1.807, 2.05) is 30.3 Å². The minimum atomic E-state index is 0.462. The van der Waals surface area contributed by atoms with Crippen LogP contribution in [0, 0.1) is 0 Å². The van der Waals surface area contributed by atoms with Crippen molar-refractivity contribution < 1.29 is 4.74 Å². The maximum atomic E-state index is 5.17. The molecule has 88 valence electrons. The molecule has 1 aromatic heterocycles. The van der Waals surface area contributed by atoms with Gasteiger partial charge in [0.2, 0.25) is 5.16 Å². The van der Waals surface area contributed by atoms with Gasteiger partial charge in [-0.25, -0.2) is 0 Å². The lowest BCUT2D eigenvalue weighted by Gasteiger charge is -2.02.